The van der Waals surface area contributed by atoms with Gasteiger partial charge in [-0.2, -0.15) is 0 Å². The van der Waals surface area contributed by atoms with E-state index in [-0.39, 0.29) is 11.5 Å². The topological polar surface area (TPSA) is 100 Å². The van der Waals surface area contributed by atoms with E-state index in [9.17, 15) is 9.82 Å². The number of aryl methyl sites for hydroxylation is 1. The van der Waals surface area contributed by atoms with Crippen molar-refractivity contribution in [3.8, 4) is 11.3 Å². The SMILES string of the molecule is Cc1cc([C@@H](C)Nc2ccc(Cl)nc2-c2ccc3c(c2)C=NOB3O)c2oc(N(C)C)c(C)c(=O)c2c1. The Labute approximate surface area is 219 Å². The molecule has 0 aliphatic carbocycles. The molecule has 5 rings (SSSR count). The van der Waals surface area contributed by atoms with Gasteiger partial charge in [-0.25, -0.2) is 4.98 Å². The van der Waals surface area contributed by atoms with Crippen LogP contribution in [0, 0.1) is 13.8 Å². The third kappa shape index (κ3) is 4.56. The van der Waals surface area contributed by atoms with Crippen LogP contribution in [-0.4, -0.2) is 37.4 Å². The maximum absolute atomic E-state index is 13.2. The summed E-state index contributed by atoms with van der Waals surface area (Å²) in [5.74, 6) is 0.533. The van der Waals surface area contributed by atoms with E-state index in [0.29, 0.717) is 38.7 Å². The van der Waals surface area contributed by atoms with Crippen molar-refractivity contribution in [2.45, 2.75) is 26.8 Å². The largest absolute Gasteiger partial charge is 0.583 e. The molecule has 2 aromatic carbocycles. The van der Waals surface area contributed by atoms with Gasteiger partial charge in [0.05, 0.1) is 34.6 Å². The number of nitrogens with one attached hydrogen (secondary N) is 1. The molecule has 2 N–H and O–H groups in total. The van der Waals surface area contributed by atoms with Crippen molar-refractivity contribution in [2.24, 2.45) is 5.16 Å². The Morgan fingerprint density at radius 1 is 1.14 bits per heavy atom. The lowest BCUT2D eigenvalue weighted by molar-refractivity contribution is 0.286. The smallest absolute Gasteiger partial charge is 0.440 e. The minimum absolute atomic E-state index is 0.0437. The first kappa shape index (κ1) is 24.9. The molecule has 1 aliphatic rings. The Morgan fingerprint density at radius 2 is 1.92 bits per heavy atom. The second-order valence-corrected chi connectivity index (χ2v) is 9.81. The molecular formula is C27H26BClN4O4. The molecule has 0 saturated heterocycles. The van der Waals surface area contributed by atoms with Crippen molar-refractivity contribution in [3.63, 3.8) is 0 Å². The van der Waals surface area contributed by atoms with Gasteiger partial charge in [-0.1, -0.05) is 29.8 Å². The summed E-state index contributed by atoms with van der Waals surface area (Å²) >= 11 is 6.29. The quantitative estimate of drug-likeness (QED) is 0.299. The van der Waals surface area contributed by atoms with Crippen LogP contribution in [0.1, 0.15) is 35.2 Å². The normalized spacial score (nSPS) is 13.3. The zero-order valence-corrected chi connectivity index (χ0v) is 21.9. The van der Waals surface area contributed by atoms with Crippen molar-refractivity contribution in [1.29, 1.82) is 0 Å². The van der Waals surface area contributed by atoms with E-state index in [4.69, 9.17) is 20.8 Å². The number of pyridine rings is 1. The van der Waals surface area contributed by atoms with Crippen molar-refractivity contribution >= 4 is 52.9 Å². The molecule has 8 nitrogen and oxygen atoms in total. The fourth-order valence-corrected chi connectivity index (χ4v) is 4.80. The fraction of sp³-hybridized carbons (Fsp3) is 0.222. The van der Waals surface area contributed by atoms with Crippen LogP contribution in [0.5, 0.6) is 0 Å². The molecule has 188 valence electrons. The van der Waals surface area contributed by atoms with Crippen LogP contribution in [-0.2, 0) is 4.76 Å². The number of halogens is 1. The monoisotopic (exact) mass is 516 g/mol. The number of rotatable bonds is 5. The van der Waals surface area contributed by atoms with Gasteiger partial charge >= 0.3 is 7.12 Å². The number of benzene rings is 2. The Morgan fingerprint density at radius 3 is 2.68 bits per heavy atom. The molecule has 0 saturated carbocycles. The van der Waals surface area contributed by atoms with Crippen LogP contribution in [0.4, 0.5) is 11.6 Å². The molecule has 0 bridgehead atoms. The third-order valence-corrected chi connectivity index (χ3v) is 6.66. The number of fused-ring (bicyclic) bond motifs is 2. The molecular weight excluding hydrogens is 491 g/mol. The van der Waals surface area contributed by atoms with Gasteiger partial charge in [-0.05, 0) is 56.2 Å². The zero-order chi connectivity index (χ0) is 26.4. The highest BCUT2D eigenvalue weighted by molar-refractivity contribution is 6.62. The van der Waals surface area contributed by atoms with E-state index >= 15 is 0 Å². The minimum Gasteiger partial charge on any atom is -0.440 e. The Balaban J connectivity index is 1.60. The molecule has 4 aromatic rings. The summed E-state index contributed by atoms with van der Waals surface area (Å²) in [4.78, 5) is 19.6. The zero-order valence-electron chi connectivity index (χ0n) is 21.2. The fourth-order valence-electron chi connectivity index (χ4n) is 4.65. The number of anilines is 2. The molecule has 0 unspecified atom stereocenters. The van der Waals surface area contributed by atoms with Crippen LogP contribution < -0.4 is 21.1 Å². The van der Waals surface area contributed by atoms with Gasteiger partial charge in [0.2, 0.25) is 5.88 Å². The second kappa shape index (κ2) is 9.57. The Kier molecular flexibility index (Phi) is 6.43. The predicted molar refractivity (Wildman–Crippen MR) is 149 cm³/mol. The molecule has 2 aromatic heterocycles. The highest BCUT2D eigenvalue weighted by Crippen LogP contribution is 2.34. The second-order valence-electron chi connectivity index (χ2n) is 9.42. The van der Waals surface area contributed by atoms with Crippen LogP contribution in [0.15, 0.2) is 56.8 Å². The summed E-state index contributed by atoms with van der Waals surface area (Å²) in [5, 5.41) is 18.2. The maximum Gasteiger partial charge on any atom is 0.583 e. The number of hydrogen-bond donors (Lipinski definition) is 2. The van der Waals surface area contributed by atoms with E-state index in [1.54, 1.807) is 30.2 Å². The average Bonchev–Trinajstić information content (AvgIpc) is 2.86. The minimum atomic E-state index is -1.11. The van der Waals surface area contributed by atoms with Gasteiger partial charge < -0.3 is 24.4 Å². The van der Waals surface area contributed by atoms with Crippen LogP contribution in [0.2, 0.25) is 5.15 Å². The lowest BCUT2D eigenvalue weighted by Gasteiger charge is -2.22. The Hall–Kier alpha value is -3.82. The van der Waals surface area contributed by atoms with Crippen molar-refractivity contribution < 1.29 is 14.2 Å². The lowest BCUT2D eigenvalue weighted by atomic mass is 9.75. The van der Waals surface area contributed by atoms with E-state index in [0.717, 1.165) is 27.9 Å². The molecule has 37 heavy (non-hydrogen) atoms. The van der Waals surface area contributed by atoms with Crippen LogP contribution >= 0.6 is 11.6 Å². The van der Waals surface area contributed by atoms with Crippen LogP contribution in [0.3, 0.4) is 0 Å². The first-order valence-electron chi connectivity index (χ1n) is 11.8. The predicted octanol–water partition coefficient (Wildman–Crippen LogP) is 4.42. The molecule has 0 radical (unpaired) electrons. The van der Waals surface area contributed by atoms with Gasteiger partial charge in [-0.3, -0.25) is 4.79 Å². The standard InChI is InChI=1S/C27H26BClN4O4/c1-14-10-19(26-20(11-14)25(34)15(2)27(36-26)33(4)5)16(3)31-22-8-9-23(29)32-24(22)17-6-7-21-18(12-17)13-30-37-28(21)35/h6-13,16,31,35H,1-5H3/t16-/m1/s1. The molecule has 1 atom stereocenters. The van der Waals surface area contributed by atoms with E-state index in [1.165, 1.54) is 0 Å². The summed E-state index contributed by atoms with van der Waals surface area (Å²) < 4.78 is 11.2. The molecule has 1 aliphatic heterocycles. The summed E-state index contributed by atoms with van der Waals surface area (Å²) in [6, 6.07) is 12.8. The number of hydrogen-bond acceptors (Lipinski definition) is 8. The summed E-state index contributed by atoms with van der Waals surface area (Å²) in [7, 11) is 2.60. The molecule has 3 heterocycles. The maximum atomic E-state index is 13.2. The first-order chi connectivity index (χ1) is 17.6. The highest BCUT2D eigenvalue weighted by Gasteiger charge is 2.26. The molecule has 10 heteroatoms. The molecule has 0 spiro atoms. The number of oxime groups is 1. The average molecular weight is 517 g/mol. The summed E-state index contributed by atoms with van der Waals surface area (Å²) in [6.07, 6.45) is 1.55. The van der Waals surface area contributed by atoms with Crippen molar-refractivity contribution in [1.82, 2.24) is 4.98 Å². The summed E-state index contributed by atoms with van der Waals surface area (Å²) in [6.45, 7) is 5.76. The first-order valence-corrected chi connectivity index (χ1v) is 12.2. The van der Waals surface area contributed by atoms with E-state index < -0.39 is 7.12 Å². The summed E-state index contributed by atoms with van der Waals surface area (Å²) in [5.41, 5.74) is 6.43. The van der Waals surface area contributed by atoms with Gasteiger partial charge in [-0.15, -0.1) is 5.16 Å². The van der Waals surface area contributed by atoms with Gasteiger partial charge in [0.15, 0.2) is 5.43 Å². The van der Waals surface area contributed by atoms with Gasteiger partial charge in [0.1, 0.15) is 10.7 Å². The van der Waals surface area contributed by atoms with E-state index in [1.807, 2.05) is 58.3 Å². The highest BCUT2D eigenvalue weighted by atomic mass is 35.5. The van der Waals surface area contributed by atoms with E-state index in [2.05, 4.69) is 15.5 Å². The van der Waals surface area contributed by atoms with Gasteiger partial charge in [0, 0.05) is 30.7 Å². The molecule has 0 fully saturated rings. The van der Waals surface area contributed by atoms with Gasteiger partial charge in [0.25, 0.3) is 0 Å². The molecule has 0 amide bonds. The Bertz CT molecular complexity index is 1620. The number of nitrogens with zero attached hydrogens (tertiary/aromatic N) is 3. The van der Waals surface area contributed by atoms with Crippen LogP contribution in [0.25, 0.3) is 22.2 Å². The number of aromatic nitrogens is 1. The third-order valence-electron chi connectivity index (χ3n) is 6.45. The lowest BCUT2D eigenvalue weighted by Crippen LogP contribution is -2.37. The van der Waals surface area contributed by atoms with Crippen molar-refractivity contribution in [3.05, 3.63) is 80.1 Å². The van der Waals surface area contributed by atoms with Crippen molar-refractivity contribution in [2.75, 3.05) is 24.3 Å².